The van der Waals surface area contributed by atoms with E-state index in [0.29, 0.717) is 44.2 Å². The smallest absolute Gasteiger partial charge is 0.327 e. The SMILES string of the molecule is CC(C)N1CCN(c2ncccc2C2S[C@@H](CC(=O)N3CCC(n4c(=O)[nH]c5ncccc54)CC3)C(=O)N2CCC(C)(C)C)CC1.[HH].[HH]. The molecule has 11 nitrogen and oxygen atoms in total. The molecular formula is C34H52N8O3S. The molecule has 3 saturated heterocycles. The van der Waals surface area contributed by atoms with Gasteiger partial charge < -0.3 is 14.7 Å². The number of hydrogen-bond donors (Lipinski definition) is 1. The molecule has 6 heterocycles. The molecule has 6 rings (SSSR count). The number of nitrogens with one attached hydrogen (secondary N) is 1. The highest BCUT2D eigenvalue weighted by Crippen LogP contribution is 2.47. The van der Waals surface area contributed by atoms with Crippen LogP contribution in [0.15, 0.2) is 41.5 Å². The summed E-state index contributed by atoms with van der Waals surface area (Å²) in [5.41, 5.74) is 2.35. The number of pyridine rings is 2. The van der Waals surface area contributed by atoms with Crippen molar-refractivity contribution < 1.29 is 12.4 Å². The third-order valence-corrected chi connectivity index (χ3v) is 11.2. The van der Waals surface area contributed by atoms with E-state index in [4.69, 9.17) is 4.98 Å². The zero-order valence-electron chi connectivity index (χ0n) is 27.8. The van der Waals surface area contributed by atoms with Crippen LogP contribution in [-0.4, -0.2) is 103 Å². The van der Waals surface area contributed by atoms with Gasteiger partial charge in [-0.25, -0.2) is 14.8 Å². The van der Waals surface area contributed by atoms with Gasteiger partial charge in [0.25, 0.3) is 0 Å². The summed E-state index contributed by atoms with van der Waals surface area (Å²) in [5, 5.41) is -0.629. The van der Waals surface area contributed by atoms with Gasteiger partial charge in [0.15, 0.2) is 5.65 Å². The number of H-pyrrole nitrogens is 1. The molecular weight excluding hydrogens is 600 g/mol. The van der Waals surface area contributed by atoms with Gasteiger partial charge in [-0.3, -0.25) is 24.0 Å². The van der Waals surface area contributed by atoms with Gasteiger partial charge in [0.05, 0.1) is 10.8 Å². The Kier molecular flexibility index (Phi) is 9.48. The number of likely N-dealkylation sites (tertiary alicyclic amines) is 1. The van der Waals surface area contributed by atoms with Crippen LogP contribution in [-0.2, 0) is 9.59 Å². The summed E-state index contributed by atoms with van der Waals surface area (Å²) in [6.45, 7) is 16.6. The van der Waals surface area contributed by atoms with Crippen molar-refractivity contribution in [2.75, 3.05) is 50.7 Å². The van der Waals surface area contributed by atoms with Gasteiger partial charge in [-0.05, 0) is 56.7 Å². The molecule has 0 spiro atoms. The lowest BCUT2D eigenvalue weighted by molar-refractivity contribution is -0.136. The molecule has 0 bridgehead atoms. The summed E-state index contributed by atoms with van der Waals surface area (Å²) >= 11 is 1.60. The van der Waals surface area contributed by atoms with E-state index in [1.165, 1.54) is 0 Å². The van der Waals surface area contributed by atoms with Crippen LogP contribution < -0.4 is 10.6 Å². The molecule has 252 valence electrons. The highest BCUT2D eigenvalue weighted by molar-refractivity contribution is 8.01. The minimum Gasteiger partial charge on any atom is -0.354 e. The second-order valence-electron chi connectivity index (χ2n) is 14.3. The molecule has 0 saturated carbocycles. The van der Waals surface area contributed by atoms with Crippen LogP contribution >= 0.6 is 11.8 Å². The van der Waals surface area contributed by atoms with Crippen LogP contribution in [0.5, 0.6) is 0 Å². The van der Waals surface area contributed by atoms with E-state index >= 15 is 0 Å². The number of piperazine rings is 1. The maximum absolute atomic E-state index is 14.0. The number of thioether (sulfide) groups is 1. The number of carbonyl (C=O) groups is 2. The highest BCUT2D eigenvalue weighted by atomic mass is 32.2. The van der Waals surface area contributed by atoms with Crippen molar-refractivity contribution in [3.63, 3.8) is 0 Å². The van der Waals surface area contributed by atoms with Gasteiger partial charge in [-0.15, -0.1) is 11.8 Å². The number of anilines is 1. The molecule has 3 aliphatic heterocycles. The first-order chi connectivity index (χ1) is 22.0. The second-order valence-corrected chi connectivity index (χ2v) is 15.6. The fourth-order valence-corrected chi connectivity index (χ4v) is 8.43. The molecule has 3 aromatic rings. The number of nitrogens with zero attached hydrogens (tertiary/aromatic N) is 7. The number of imidazole rings is 1. The highest BCUT2D eigenvalue weighted by Gasteiger charge is 2.44. The predicted molar refractivity (Wildman–Crippen MR) is 187 cm³/mol. The number of aromatic nitrogens is 4. The number of piperidine rings is 1. The largest absolute Gasteiger partial charge is 0.354 e. The van der Waals surface area contributed by atoms with E-state index in [0.717, 1.165) is 49.5 Å². The van der Waals surface area contributed by atoms with Crippen LogP contribution in [0.4, 0.5) is 5.82 Å². The minimum absolute atomic E-state index is 0. The molecule has 3 fully saturated rings. The van der Waals surface area contributed by atoms with E-state index in [1.54, 1.807) is 22.5 Å². The zero-order valence-corrected chi connectivity index (χ0v) is 28.6. The molecule has 46 heavy (non-hydrogen) atoms. The molecule has 0 aromatic carbocycles. The molecule has 3 aliphatic rings. The molecule has 3 aromatic heterocycles. The lowest BCUT2D eigenvalue weighted by Crippen LogP contribution is -2.49. The monoisotopic (exact) mass is 652 g/mol. The third kappa shape index (κ3) is 6.83. The summed E-state index contributed by atoms with van der Waals surface area (Å²) in [7, 11) is 0. The second kappa shape index (κ2) is 13.4. The predicted octanol–water partition coefficient (Wildman–Crippen LogP) is 4.77. The van der Waals surface area contributed by atoms with Crippen molar-refractivity contribution in [2.45, 2.75) is 83.0 Å². The third-order valence-electron chi connectivity index (χ3n) is 9.70. The average Bonchev–Trinajstić information content (AvgIpc) is 3.54. The Labute approximate surface area is 278 Å². The zero-order chi connectivity index (χ0) is 32.6. The fourth-order valence-electron chi connectivity index (χ4n) is 6.95. The van der Waals surface area contributed by atoms with Crippen LogP contribution in [0.3, 0.4) is 0 Å². The lowest BCUT2D eigenvalue weighted by atomic mass is 9.92. The number of fused-ring (bicyclic) bond motifs is 1. The van der Waals surface area contributed by atoms with Gasteiger partial charge in [0.1, 0.15) is 11.2 Å². The van der Waals surface area contributed by atoms with E-state index in [9.17, 15) is 14.4 Å². The minimum atomic E-state index is -0.441. The van der Waals surface area contributed by atoms with Gasteiger partial charge >= 0.3 is 5.69 Å². The van der Waals surface area contributed by atoms with Gasteiger partial charge in [-0.2, -0.15) is 0 Å². The first-order valence-electron chi connectivity index (χ1n) is 16.7. The Hall–Kier alpha value is -3.38. The topological polar surface area (TPSA) is 111 Å². The van der Waals surface area contributed by atoms with Gasteiger partial charge in [0.2, 0.25) is 11.8 Å². The van der Waals surface area contributed by atoms with Gasteiger partial charge in [0, 0.05) is 85.1 Å². The Bertz CT molecular complexity index is 1610. The molecule has 2 atom stereocenters. The quantitative estimate of drug-likeness (QED) is 0.371. The first kappa shape index (κ1) is 32.6. The summed E-state index contributed by atoms with van der Waals surface area (Å²) in [6.07, 6.45) is 5.93. The van der Waals surface area contributed by atoms with Crippen molar-refractivity contribution in [2.24, 2.45) is 5.41 Å². The maximum atomic E-state index is 14.0. The number of aromatic amines is 1. The van der Waals surface area contributed by atoms with Crippen molar-refractivity contribution in [3.8, 4) is 0 Å². The van der Waals surface area contributed by atoms with Crippen molar-refractivity contribution in [1.29, 1.82) is 0 Å². The van der Waals surface area contributed by atoms with Crippen LogP contribution in [0.1, 0.15) is 80.1 Å². The van der Waals surface area contributed by atoms with E-state index in [2.05, 4.69) is 60.5 Å². The Morgan fingerprint density at radius 2 is 1.72 bits per heavy atom. The Balaban J connectivity index is 0.00000260. The van der Waals surface area contributed by atoms with E-state index < -0.39 is 5.25 Å². The van der Waals surface area contributed by atoms with E-state index in [-0.39, 0.29) is 43.6 Å². The lowest BCUT2D eigenvalue weighted by Gasteiger charge is -2.39. The maximum Gasteiger partial charge on any atom is 0.327 e. The molecule has 0 aliphatic carbocycles. The Morgan fingerprint density at radius 3 is 2.41 bits per heavy atom. The van der Waals surface area contributed by atoms with Gasteiger partial charge in [-0.1, -0.05) is 26.8 Å². The van der Waals surface area contributed by atoms with Crippen molar-refractivity contribution in [1.82, 2.24) is 34.2 Å². The standard InChI is InChI=1S/C34H48N8O3S.2H2/c1-23(2)38-18-20-40(21-19-38)30-25(8-6-14-36-30)32-41(17-12-34(3,4)5)31(44)27(46-32)22-28(43)39-15-10-24(11-16-39)42-26-9-7-13-35-29(26)37-33(42)45;;/h6-9,13-14,23-24,27,32H,10-12,15-22H2,1-5H3,(H,35,37,45);2*1H/t27-,32?;;/m0../s1. The molecule has 0 radical (unpaired) electrons. The van der Waals surface area contributed by atoms with Crippen molar-refractivity contribution >= 4 is 40.6 Å². The number of rotatable bonds is 8. The molecule has 2 amide bonds. The number of amides is 2. The molecule has 12 heteroatoms. The molecule has 1 N–H and O–H groups in total. The van der Waals surface area contributed by atoms with E-state index in [1.807, 2.05) is 34.2 Å². The summed E-state index contributed by atoms with van der Waals surface area (Å²) in [4.78, 5) is 61.1. The normalized spacial score (nSPS) is 22.0. The summed E-state index contributed by atoms with van der Waals surface area (Å²) in [5.74, 6) is 0.998. The molecule has 1 unspecified atom stereocenters. The van der Waals surface area contributed by atoms with Crippen LogP contribution in [0.25, 0.3) is 11.2 Å². The Morgan fingerprint density at radius 1 is 1.02 bits per heavy atom. The first-order valence-corrected chi connectivity index (χ1v) is 17.7. The average molecular weight is 653 g/mol. The summed E-state index contributed by atoms with van der Waals surface area (Å²) < 4.78 is 1.78. The van der Waals surface area contributed by atoms with Crippen LogP contribution in [0, 0.1) is 5.41 Å². The number of carbonyl (C=O) groups excluding carboxylic acids is 2. The fraction of sp³-hybridized carbons (Fsp3) is 0.618. The number of hydrogen-bond acceptors (Lipinski definition) is 8. The summed E-state index contributed by atoms with van der Waals surface area (Å²) in [6, 6.07) is 8.33. The van der Waals surface area contributed by atoms with Crippen molar-refractivity contribution in [3.05, 3.63) is 52.7 Å². The van der Waals surface area contributed by atoms with Crippen LogP contribution in [0.2, 0.25) is 0 Å².